The van der Waals surface area contributed by atoms with E-state index in [0.717, 1.165) is 47.8 Å². The summed E-state index contributed by atoms with van der Waals surface area (Å²) in [5, 5.41) is 9.96. The van der Waals surface area contributed by atoms with Crippen LogP contribution in [0.25, 0.3) is 22.2 Å². The van der Waals surface area contributed by atoms with Crippen LogP contribution >= 0.6 is 0 Å². The van der Waals surface area contributed by atoms with Gasteiger partial charge in [0.15, 0.2) is 0 Å². The number of nitrogens with zero attached hydrogens (tertiary/aromatic N) is 2. The van der Waals surface area contributed by atoms with Crippen molar-refractivity contribution in [3.63, 3.8) is 0 Å². The van der Waals surface area contributed by atoms with Crippen molar-refractivity contribution in [3.05, 3.63) is 60.4 Å². The standard InChI is InChI=1S/C28H35N5O2/c1-28(2,3)33-27(35)31-18-20-10-8-19(9-11-20)17-30-26(34)23-16-25(21-12-14-29-15-13-21)32-24-7-5-4-6-22(23)24/h4-7,12-16,19-20H,8-11,17-18H2,1-3H3,(H,30,34)(H2,31,33,35). The summed E-state index contributed by atoms with van der Waals surface area (Å²) in [4.78, 5) is 34.1. The van der Waals surface area contributed by atoms with Crippen LogP contribution in [0.2, 0.25) is 0 Å². The molecule has 7 nitrogen and oxygen atoms in total. The van der Waals surface area contributed by atoms with Crippen molar-refractivity contribution in [3.8, 4) is 11.3 Å². The summed E-state index contributed by atoms with van der Waals surface area (Å²) < 4.78 is 0. The van der Waals surface area contributed by atoms with E-state index in [0.29, 0.717) is 30.5 Å². The lowest BCUT2D eigenvalue weighted by Crippen LogP contribution is -2.47. The topological polar surface area (TPSA) is 96.0 Å². The lowest BCUT2D eigenvalue weighted by Gasteiger charge is -2.29. The molecule has 0 unspecified atom stereocenters. The molecule has 4 rings (SSSR count). The lowest BCUT2D eigenvalue weighted by molar-refractivity contribution is 0.0942. The molecule has 0 atom stereocenters. The summed E-state index contributed by atoms with van der Waals surface area (Å²) in [6.07, 6.45) is 7.67. The van der Waals surface area contributed by atoms with Crippen molar-refractivity contribution in [1.29, 1.82) is 0 Å². The van der Waals surface area contributed by atoms with Gasteiger partial charge in [0.05, 0.1) is 16.8 Å². The van der Waals surface area contributed by atoms with Gasteiger partial charge in [-0.3, -0.25) is 9.78 Å². The highest BCUT2D eigenvalue weighted by Gasteiger charge is 2.23. The Hall–Kier alpha value is -3.48. The Balaban J connectivity index is 1.33. The first kappa shape index (κ1) is 24.6. The van der Waals surface area contributed by atoms with Gasteiger partial charge in [-0.05, 0) is 82.6 Å². The lowest BCUT2D eigenvalue weighted by atomic mass is 9.82. The van der Waals surface area contributed by atoms with Crippen molar-refractivity contribution < 1.29 is 9.59 Å². The number of urea groups is 1. The number of carbonyl (C=O) groups excluding carboxylic acids is 2. The fourth-order valence-electron chi connectivity index (χ4n) is 4.63. The second kappa shape index (κ2) is 10.8. The molecule has 2 heterocycles. The zero-order valence-corrected chi connectivity index (χ0v) is 20.8. The van der Waals surface area contributed by atoms with Gasteiger partial charge in [0, 0.05) is 42.0 Å². The molecule has 1 saturated carbocycles. The molecule has 0 saturated heterocycles. The summed E-state index contributed by atoms with van der Waals surface area (Å²) in [6.45, 7) is 7.27. The van der Waals surface area contributed by atoms with Crippen LogP contribution in [0.5, 0.6) is 0 Å². The van der Waals surface area contributed by atoms with Gasteiger partial charge in [-0.15, -0.1) is 0 Å². The zero-order valence-electron chi connectivity index (χ0n) is 20.8. The zero-order chi connectivity index (χ0) is 24.8. The molecule has 1 fully saturated rings. The van der Waals surface area contributed by atoms with Gasteiger partial charge in [-0.2, -0.15) is 0 Å². The van der Waals surface area contributed by atoms with Crippen LogP contribution < -0.4 is 16.0 Å². The van der Waals surface area contributed by atoms with Crippen LogP contribution in [0.3, 0.4) is 0 Å². The quantitative estimate of drug-likeness (QED) is 0.473. The average Bonchev–Trinajstić information content (AvgIpc) is 2.85. The Morgan fingerprint density at radius 1 is 0.914 bits per heavy atom. The van der Waals surface area contributed by atoms with Gasteiger partial charge in [0.1, 0.15) is 0 Å². The van der Waals surface area contributed by atoms with E-state index in [-0.39, 0.29) is 17.5 Å². The van der Waals surface area contributed by atoms with Crippen molar-refractivity contribution in [2.24, 2.45) is 11.8 Å². The Labute approximate surface area is 207 Å². The van der Waals surface area contributed by atoms with Crippen LogP contribution in [0.15, 0.2) is 54.9 Å². The fourth-order valence-corrected chi connectivity index (χ4v) is 4.63. The van der Waals surface area contributed by atoms with E-state index in [1.54, 1.807) is 12.4 Å². The van der Waals surface area contributed by atoms with E-state index in [9.17, 15) is 9.59 Å². The van der Waals surface area contributed by atoms with Gasteiger partial charge >= 0.3 is 6.03 Å². The molecule has 1 aliphatic carbocycles. The third-order valence-corrected chi connectivity index (χ3v) is 6.49. The van der Waals surface area contributed by atoms with Gasteiger partial charge in [-0.25, -0.2) is 9.78 Å². The summed E-state index contributed by atoms with van der Waals surface area (Å²) in [5.74, 6) is 0.868. The monoisotopic (exact) mass is 473 g/mol. The first-order valence-electron chi connectivity index (χ1n) is 12.4. The number of fused-ring (bicyclic) bond motifs is 1. The number of amides is 3. The van der Waals surface area contributed by atoms with E-state index < -0.39 is 0 Å². The molecule has 3 amide bonds. The molecule has 184 valence electrons. The van der Waals surface area contributed by atoms with Crippen molar-refractivity contribution >= 4 is 22.8 Å². The number of hydrogen-bond acceptors (Lipinski definition) is 4. The summed E-state index contributed by atoms with van der Waals surface area (Å²) in [7, 11) is 0. The van der Waals surface area contributed by atoms with Crippen LogP contribution in [0, 0.1) is 11.8 Å². The highest BCUT2D eigenvalue weighted by atomic mass is 16.2. The predicted octanol–water partition coefficient (Wildman–Crippen LogP) is 4.93. The van der Waals surface area contributed by atoms with Crippen molar-refractivity contribution in [2.45, 2.75) is 52.0 Å². The highest BCUT2D eigenvalue weighted by molar-refractivity contribution is 6.07. The van der Waals surface area contributed by atoms with Gasteiger partial charge in [-0.1, -0.05) is 18.2 Å². The maximum atomic E-state index is 13.2. The molecule has 0 aliphatic heterocycles. The molecule has 1 aromatic carbocycles. The molecule has 0 bridgehead atoms. The van der Waals surface area contributed by atoms with E-state index in [1.165, 1.54) is 0 Å². The van der Waals surface area contributed by atoms with E-state index in [2.05, 4.69) is 20.9 Å². The minimum absolute atomic E-state index is 0.0680. The first-order valence-corrected chi connectivity index (χ1v) is 12.4. The number of hydrogen-bond donors (Lipinski definition) is 3. The van der Waals surface area contributed by atoms with Crippen molar-refractivity contribution in [2.75, 3.05) is 13.1 Å². The molecule has 0 spiro atoms. The largest absolute Gasteiger partial charge is 0.352 e. The molecule has 7 heteroatoms. The number of carbonyl (C=O) groups is 2. The Morgan fingerprint density at radius 3 is 2.20 bits per heavy atom. The molecule has 3 aromatic rings. The number of benzene rings is 1. The van der Waals surface area contributed by atoms with E-state index in [4.69, 9.17) is 4.98 Å². The summed E-state index contributed by atoms with van der Waals surface area (Å²) >= 11 is 0. The smallest absolute Gasteiger partial charge is 0.315 e. The second-order valence-electron chi connectivity index (χ2n) is 10.5. The molecular weight excluding hydrogens is 438 g/mol. The predicted molar refractivity (Wildman–Crippen MR) is 139 cm³/mol. The minimum atomic E-state index is -0.237. The number of pyridine rings is 2. The third kappa shape index (κ3) is 6.78. The van der Waals surface area contributed by atoms with E-state index in [1.807, 2.05) is 63.2 Å². The second-order valence-corrected chi connectivity index (χ2v) is 10.5. The highest BCUT2D eigenvalue weighted by Crippen LogP contribution is 2.29. The number of nitrogens with one attached hydrogen (secondary N) is 3. The maximum absolute atomic E-state index is 13.2. The van der Waals surface area contributed by atoms with Gasteiger partial charge < -0.3 is 16.0 Å². The molecule has 3 N–H and O–H groups in total. The van der Waals surface area contributed by atoms with Crippen molar-refractivity contribution in [1.82, 2.24) is 25.9 Å². The Morgan fingerprint density at radius 2 is 1.54 bits per heavy atom. The molecule has 1 aliphatic rings. The molecule has 0 radical (unpaired) electrons. The summed E-state index contributed by atoms with van der Waals surface area (Å²) in [5.41, 5.74) is 2.90. The first-order chi connectivity index (χ1) is 16.8. The molecule has 2 aromatic heterocycles. The Bertz CT molecular complexity index is 1160. The molecule has 35 heavy (non-hydrogen) atoms. The third-order valence-electron chi connectivity index (χ3n) is 6.49. The van der Waals surface area contributed by atoms with Crippen LogP contribution in [-0.2, 0) is 0 Å². The van der Waals surface area contributed by atoms with Crippen LogP contribution in [0.1, 0.15) is 56.8 Å². The van der Waals surface area contributed by atoms with E-state index >= 15 is 0 Å². The number of para-hydroxylation sites is 1. The average molecular weight is 474 g/mol. The molecular formula is C28H35N5O2. The normalized spacial score (nSPS) is 18.1. The van der Waals surface area contributed by atoms with Crippen LogP contribution in [-0.4, -0.2) is 40.5 Å². The summed E-state index contributed by atoms with van der Waals surface area (Å²) in [6, 6.07) is 13.3. The van der Waals surface area contributed by atoms with Gasteiger partial charge in [0.2, 0.25) is 0 Å². The Kier molecular flexibility index (Phi) is 7.63. The number of rotatable bonds is 6. The maximum Gasteiger partial charge on any atom is 0.315 e. The minimum Gasteiger partial charge on any atom is -0.352 e. The van der Waals surface area contributed by atoms with Gasteiger partial charge in [0.25, 0.3) is 5.91 Å². The SMILES string of the molecule is CC(C)(C)NC(=O)NCC1CCC(CNC(=O)c2cc(-c3ccncc3)nc3ccccc23)CC1. The number of aromatic nitrogens is 2. The fraction of sp³-hybridized carbons (Fsp3) is 0.429. The van der Waals surface area contributed by atoms with Crippen LogP contribution in [0.4, 0.5) is 4.79 Å².